The molecule has 0 unspecified atom stereocenters. The van der Waals surface area contributed by atoms with E-state index in [0.717, 1.165) is 10.2 Å². The van der Waals surface area contributed by atoms with Crippen LogP contribution < -0.4 is 11.2 Å². The number of nitrogen functional groups attached to an aromatic ring is 1. The van der Waals surface area contributed by atoms with Crippen LogP contribution in [-0.2, 0) is 0 Å². The summed E-state index contributed by atoms with van der Waals surface area (Å²) in [5, 5.41) is 33.5. The van der Waals surface area contributed by atoms with Gasteiger partial charge >= 0.3 is 0 Å². The van der Waals surface area contributed by atoms with Crippen LogP contribution in [0.15, 0.2) is 50.8 Å². The van der Waals surface area contributed by atoms with E-state index in [1.54, 1.807) is 0 Å². The first-order chi connectivity index (χ1) is 14.5. The molecule has 1 amide bonds. The number of non-ortho nitro benzene ring substituents is 1. The van der Waals surface area contributed by atoms with Crippen LogP contribution in [0.2, 0.25) is 0 Å². The summed E-state index contributed by atoms with van der Waals surface area (Å²) >= 11 is 1.49. The van der Waals surface area contributed by atoms with Crippen molar-refractivity contribution in [2.75, 3.05) is 5.73 Å². The maximum atomic E-state index is 12.7. The summed E-state index contributed by atoms with van der Waals surface area (Å²) in [6.07, 6.45) is 1.48. The quantitative estimate of drug-likeness (QED) is 0.263. The molecule has 0 aliphatic rings. The molecule has 30 heavy (non-hydrogen) atoms. The van der Waals surface area contributed by atoms with E-state index in [2.05, 4.69) is 35.8 Å². The predicted octanol–water partition coefficient (Wildman–Crippen LogP) is 1.63. The van der Waals surface area contributed by atoms with Crippen LogP contribution >= 0.6 is 11.3 Å². The number of anilines is 1. The maximum absolute atomic E-state index is 12.7. The van der Waals surface area contributed by atoms with E-state index in [-0.39, 0.29) is 28.7 Å². The summed E-state index contributed by atoms with van der Waals surface area (Å²) in [6, 6.07) is 7.30. The van der Waals surface area contributed by atoms with Crippen LogP contribution in [0, 0.1) is 10.1 Å². The Labute approximate surface area is 170 Å². The average Bonchev–Trinajstić information content (AvgIpc) is 3.48. The highest BCUT2D eigenvalue weighted by molar-refractivity contribution is 7.08. The first-order valence-corrected chi connectivity index (χ1v) is 9.13. The number of nitro groups is 1. The number of nitro benzene ring substituents is 1. The van der Waals surface area contributed by atoms with Gasteiger partial charge in [0.1, 0.15) is 5.69 Å². The normalized spacial score (nSPS) is 11.1. The lowest BCUT2D eigenvalue weighted by atomic mass is 10.1. The van der Waals surface area contributed by atoms with E-state index >= 15 is 0 Å². The number of rotatable bonds is 6. The molecular weight excluding hydrogens is 414 g/mol. The fraction of sp³-hybridized carbons (Fsp3) is 0. The number of carbonyl (C=O) groups is 1. The zero-order valence-electron chi connectivity index (χ0n) is 14.9. The Morgan fingerprint density at radius 1 is 1.30 bits per heavy atom. The fourth-order valence-corrected chi connectivity index (χ4v) is 3.10. The fourth-order valence-electron chi connectivity index (χ4n) is 2.49. The number of aromatic nitrogens is 5. The lowest BCUT2D eigenvalue weighted by Crippen LogP contribution is -2.19. The van der Waals surface area contributed by atoms with Crippen LogP contribution in [0.5, 0.6) is 0 Å². The number of nitrogens with two attached hydrogens (primary N) is 1. The van der Waals surface area contributed by atoms with Crippen molar-refractivity contribution >= 4 is 35.0 Å². The van der Waals surface area contributed by atoms with E-state index in [1.165, 1.54) is 41.8 Å². The van der Waals surface area contributed by atoms with Crippen molar-refractivity contribution in [2.24, 2.45) is 5.10 Å². The number of hydrogen-bond donors (Lipinski definition) is 2. The highest BCUT2D eigenvalue weighted by Crippen LogP contribution is 2.28. The molecule has 0 saturated carbocycles. The summed E-state index contributed by atoms with van der Waals surface area (Å²) in [7, 11) is 0. The van der Waals surface area contributed by atoms with Gasteiger partial charge < -0.3 is 5.73 Å². The Morgan fingerprint density at radius 2 is 2.10 bits per heavy atom. The molecule has 3 aromatic heterocycles. The minimum absolute atomic E-state index is 0.0108. The van der Waals surface area contributed by atoms with Crippen LogP contribution in [0.25, 0.3) is 17.1 Å². The van der Waals surface area contributed by atoms with Crippen molar-refractivity contribution in [3.8, 4) is 17.1 Å². The summed E-state index contributed by atoms with van der Waals surface area (Å²) < 4.78 is 5.75. The minimum atomic E-state index is -0.656. The molecule has 4 aromatic rings. The molecule has 4 rings (SSSR count). The van der Waals surface area contributed by atoms with Crippen LogP contribution in [0.1, 0.15) is 16.1 Å². The molecule has 3 heterocycles. The van der Waals surface area contributed by atoms with E-state index in [4.69, 9.17) is 5.73 Å². The molecule has 0 radical (unpaired) electrons. The van der Waals surface area contributed by atoms with Crippen molar-refractivity contribution in [1.82, 2.24) is 30.7 Å². The van der Waals surface area contributed by atoms with Crippen molar-refractivity contribution in [1.29, 1.82) is 0 Å². The van der Waals surface area contributed by atoms with Gasteiger partial charge in [-0.3, -0.25) is 14.9 Å². The zero-order valence-corrected chi connectivity index (χ0v) is 15.7. The number of hydrazone groups is 1. The summed E-state index contributed by atoms with van der Waals surface area (Å²) in [5.74, 6) is -0.724. The zero-order chi connectivity index (χ0) is 21.1. The number of nitrogens with zero attached hydrogens (tertiary/aromatic N) is 7. The smallest absolute Gasteiger partial charge is 0.294 e. The third-order valence-electron chi connectivity index (χ3n) is 3.86. The molecule has 0 aliphatic heterocycles. The lowest BCUT2D eigenvalue weighted by Gasteiger charge is -2.05. The molecule has 0 spiro atoms. The molecule has 0 bridgehead atoms. The van der Waals surface area contributed by atoms with Crippen molar-refractivity contribution < 1.29 is 14.3 Å². The molecule has 0 fully saturated rings. The van der Waals surface area contributed by atoms with E-state index in [1.807, 2.05) is 16.8 Å². The van der Waals surface area contributed by atoms with Gasteiger partial charge in [0.25, 0.3) is 11.6 Å². The molecule has 13 nitrogen and oxygen atoms in total. The number of benzene rings is 1. The van der Waals surface area contributed by atoms with E-state index < -0.39 is 10.8 Å². The summed E-state index contributed by atoms with van der Waals surface area (Å²) in [5.41, 5.74) is 9.28. The average molecular weight is 425 g/mol. The molecule has 0 atom stereocenters. The van der Waals surface area contributed by atoms with Crippen LogP contribution in [0.4, 0.5) is 11.5 Å². The van der Waals surface area contributed by atoms with Crippen molar-refractivity contribution in [3.63, 3.8) is 0 Å². The summed E-state index contributed by atoms with van der Waals surface area (Å²) in [6.45, 7) is 0. The third kappa shape index (κ3) is 3.61. The third-order valence-corrected chi connectivity index (χ3v) is 4.56. The van der Waals surface area contributed by atoms with Gasteiger partial charge in [-0.2, -0.15) is 21.1 Å². The first kappa shape index (κ1) is 18.9. The molecule has 150 valence electrons. The monoisotopic (exact) mass is 425 g/mol. The lowest BCUT2D eigenvalue weighted by molar-refractivity contribution is -0.384. The Bertz CT molecular complexity index is 1230. The largest absolute Gasteiger partial charge is 0.378 e. The second-order valence-corrected chi connectivity index (χ2v) is 6.51. The van der Waals surface area contributed by atoms with Crippen molar-refractivity contribution in [3.05, 3.63) is 62.5 Å². The SMILES string of the molecule is Nc1nonc1-n1nnc(C(=O)N/N=C/c2ccsc2)c1-c1ccc([N+](=O)[O-])cc1. The van der Waals surface area contributed by atoms with Gasteiger partial charge in [-0.15, -0.1) is 5.10 Å². The number of thiophene rings is 1. The van der Waals surface area contributed by atoms with Gasteiger partial charge in [0.15, 0.2) is 5.69 Å². The van der Waals surface area contributed by atoms with Crippen LogP contribution in [0.3, 0.4) is 0 Å². The van der Waals surface area contributed by atoms with Gasteiger partial charge in [-0.25, -0.2) is 10.1 Å². The van der Waals surface area contributed by atoms with Crippen LogP contribution in [-0.4, -0.2) is 42.4 Å². The highest BCUT2D eigenvalue weighted by Gasteiger charge is 2.25. The number of hydrogen-bond acceptors (Lipinski definition) is 11. The summed E-state index contributed by atoms with van der Waals surface area (Å²) in [4.78, 5) is 23.1. The van der Waals surface area contributed by atoms with Crippen molar-refractivity contribution in [2.45, 2.75) is 0 Å². The molecule has 0 saturated heterocycles. The number of carbonyl (C=O) groups excluding carboxylic acids is 1. The number of nitrogens with one attached hydrogen (secondary N) is 1. The minimum Gasteiger partial charge on any atom is -0.378 e. The predicted molar refractivity (Wildman–Crippen MR) is 105 cm³/mol. The highest BCUT2D eigenvalue weighted by atomic mass is 32.1. The molecule has 0 aliphatic carbocycles. The molecule has 1 aromatic carbocycles. The topological polar surface area (TPSA) is 180 Å². The van der Waals surface area contributed by atoms with Gasteiger partial charge in [0, 0.05) is 23.3 Å². The second kappa shape index (κ2) is 7.88. The second-order valence-electron chi connectivity index (χ2n) is 5.73. The Kier molecular flexibility index (Phi) is 4.96. The Balaban J connectivity index is 1.73. The van der Waals surface area contributed by atoms with Gasteiger partial charge in [-0.05, 0) is 39.3 Å². The Morgan fingerprint density at radius 3 is 2.73 bits per heavy atom. The van der Waals surface area contributed by atoms with E-state index in [0.29, 0.717) is 5.56 Å². The Hall–Kier alpha value is -4.46. The molecule has 3 N–H and O–H groups in total. The van der Waals surface area contributed by atoms with Gasteiger partial charge in [0.05, 0.1) is 11.1 Å². The molecular formula is C16H11N9O4S. The molecule has 14 heteroatoms. The maximum Gasteiger partial charge on any atom is 0.294 e. The van der Waals surface area contributed by atoms with Gasteiger partial charge in [-0.1, -0.05) is 5.21 Å². The number of amides is 1. The standard InChI is InChI=1S/C16H11N9O4S/c17-14-15(22-29-21-14)24-13(10-1-3-11(4-2-10)25(27)28)12(19-23-24)16(26)20-18-7-9-5-6-30-8-9/h1-8H,(H2,17,21)(H,20,26)/b18-7+. The van der Waals surface area contributed by atoms with E-state index in [9.17, 15) is 14.9 Å². The van der Waals surface area contributed by atoms with Gasteiger partial charge in [0.2, 0.25) is 11.6 Å². The first-order valence-electron chi connectivity index (χ1n) is 8.19.